The number of aromatic hydroxyl groups is 1. The van der Waals surface area contributed by atoms with Crippen LogP contribution in [0.2, 0.25) is 0 Å². The van der Waals surface area contributed by atoms with Crippen LogP contribution in [0.4, 0.5) is 5.69 Å². The van der Waals surface area contributed by atoms with Gasteiger partial charge in [0.2, 0.25) is 0 Å². The topological polar surface area (TPSA) is 60.8 Å². The molecule has 2 aromatic carbocycles. The molecule has 0 aliphatic carbocycles. The van der Waals surface area contributed by atoms with E-state index < -0.39 is 5.97 Å². The highest BCUT2D eigenvalue weighted by Crippen LogP contribution is 2.27. The number of aryl methyl sites for hydroxylation is 1. The van der Waals surface area contributed by atoms with Gasteiger partial charge in [-0.25, -0.2) is 0 Å². The van der Waals surface area contributed by atoms with E-state index in [4.69, 9.17) is 5.11 Å². The zero-order valence-corrected chi connectivity index (χ0v) is 12.2. The van der Waals surface area contributed by atoms with E-state index in [2.05, 4.69) is 0 Å². The Morgan fingerprint density at radius 1 is 1.10 bits per heavy atom. The van der Waals surface area contributed by atoms with Gasteiger partial charge in [-0.15, -0.1) is 0 Å². The Morgan fingerprint density at radius 3 is 2.19 bits per heavy atom. The Labute approximate surface area is 124 Å². The lowest BCUT2D eigenvalue weighted by Gasteiger charge is -2.30. The van der Waals surface area contributed by atoms with Crippen molar-refractivity contribution in [3.05, 3.63) is 59.7 Å². The molecule has 2 rings (SSSR count). The highest BCUT2D eigenvalue weighted by atomic mass is 16.4. The molecule has 21 heavy (non-hydrogen) atoms. The van der Waals surface area contributed by atoms with Gasteiger partial charge in [0.25, 0.3) is 0 Å². The minimum absolute atomic E-state index is 0.0783. The van der Waals surface area contributed by atoms with Crippen molar-refractivity contribution in [2.45, 2.75) is 19.9 Å². The van der Waals surface area contributed by atoms with Gasteiger partial charge >= 0.3 is 5.97 Å². The minimum atomic E-state index is -0.874. The van der Waals surface area contributed by atoms with Crippen molar-refractivity contribution in [3.63, 3.8) is 0 Å². The molecule has 2 N–H and O–H groups in total. The third-order valence-electron chi connectivity index (χ3n) is 3.51. The van der Waals surface area contributed by atoms with Gasteiger partial charge in [0.05, 0.1) is 6.04 Å². The number of carboxylic acids is 1. The predicted octanol–water partition coefficient (Wildman–Crippen LogP) is 3.35. The first-order valence-electron chi connectivity index (χ1n) is 6.81. The molecule has 0 aromatic heterocycles. The monoisotopic (exact) mass is 285 g/mol. The van der Waals surface area contributed by atoms with E-state index in [1.807, 2.05) is 55.1 Å². The fourth-order valence-electron chi connectivity index (χ4n) is 2.27. The summed E-state index contributed by atoms with van der Waals surface area (Å²) in [6, 6.07) is 14.5. The molecule has 4 heteroatoms. The van der Waals surface area contributed by atoms with Crippen molar-refractivity contribution in [1.29, 1.82) is 0 Å². The smallest absolute Gasteiger partial charge is 0.323 e. The molecular formula is C17H19NO3. The summed E-state index contributed by atoms with van der Waals surface area (Å²) in [6.07, 6.45) is 0. The van der Waals surface area contributed by atoms with Crippen molar-refractivity contribution in [2.75, 3.05) is 11.4 Å². The van der Waals surface area contributed by atoms with Crippen LogP contribution in [0.1, 0.15) is 24.1 Å². The second kappa shape index (κ2) is 6.31. The molecule has 0 heterocycles. The Balaban J connectivity index is 2.32. The number of phenolic OH excluding ortho intramolecular Hbond substituents is 1. The highest BCUT2D eigenvalue weighted by molar-refractivity contribution is 5.74. The van der Waals surface area contributed by atoms with Crippen molar-refractivity contribution >= 4 is 11.7 Å². The summed E-state index contributed by atoms with van der Waals surface area (Å²) in [6.45, 7) is 3.87. The van der Waals surface area contributed by atoms with Crippen molar-refractivity contribution in [3.8, 4) is 5.75 Å². The van der Waals surface area contributed by atoms with E-state index in [1.54, 1.807) is 12.1 Å². The molecule has 2 aromatic rings. The Morgan fingerprint density at radius 2 is 1.67 bits per heavy atom. The number of benzene rings is 2. The van der Waals surface area contributed by atoms with Crippen LogP contribution in [0.15, 0.2) is 48.5 Å². The highest BCUT2D eigenvalue weighted by Gasteiger charge is 2.19. The van der Waals surface area contributed by atoms with Crippen LogP contribution >= 0.6 is 0 Å². The van der Waals surface area contributed by atoms with E-state index >= 15 is 0 Å². The van der Waals surface area contributed by atoms with E-state index in [1.165, 1.54) is 0 Å². The number of carboxylic acid groups (broad SMARTS) is 1. The lowest BCUT2D eigenvalue weighted by atomic mass is 10.1. The normalized spacial score (nSPS) is 11.9. The lowest BCUT2D eigenvalue weighted by molar-refractivity contribution is -0.135. The number of rotatable bonds is 5. The second-order valence-corrected chi connectivity index (χ2v) is 5.12. The van der Waals surface area contributed by atoms with Gasteiger partial charge in [-0.05, 0) is 43.7 Å². The van der Waals surface area contributed by atoms with Gasteiger partial charge < -0.3 is 15.1 Å². The van der Waals surface area contributed by atoms with Crippen molar-refractivity contribution in [1.82, 2.24) is 0 Å². The third-order valence-corrected chi connectivity index (χ3v) is 3.51. The summed E-state index contributed by atoms with van der Waals surface area (Å²) in [5.74, 6) is -0.674. The average molecular weight is 285 g/mol. The predicted molar refractivity (Wildman–Crippen MR) is 82.7 cm³/mol. The largest absolute Gasteiger partial charge is 0.508 e. The fraction of sp³-hybridized carbons (Fsp3) is 0.235. The van der Waals surface area contributed by atoms with E-state index in [0.29, 0.717) is 0 Å². The zero-order chi connectivity index (χ0) is 15.4. The molecule has 110 valence electrons. The average Bonchev–Trinajstić information content (AvgIpc) is 2.46. The van der Waals surface area contributed by atoms with E-state index in [-0.39, 0.29) is 18.3 Å². The number of hydrogen-bond acceptors (Lipinski definition) is 3. The Hall–Kier alpha value is -2.49. The molecule has 1 unspecified atom stereocenters. The Kier molecular flexibility index (Phi) is 4.48. The second-order valence-electron chi connectivity index (χ2n) is 5.12. The molecule has 0 saturated heterocycles. The minimum Gasteiger partial charge on any atom is -0.508 e. The van der Waals surface area contributed by atoms with Crippen LogP contribution in [0, 0.1) is 6.92 Å². The summed E-state index contributed by atoms with van der Waals surface area (Å²) < 4.78 is 0. The lowest BCUT2D eigenvalue weighted by Crippen LogP contribution is -2.32. The molecule has 0 aliphatic heterocycles. The molecule has 0 amide bonds. The quantitative estimate of drug-likeness (QED) is 0.884. The molecule has 4 nitrogen and oxygen atoms in total. The van der Waals surface area contributed by atoms with E-state index in [9.17, 15) is 9.90 Å². The number of hydrogen-bond donors (Lipinski definition) is 2. The van der Waals surface area contributed by atoms with E-state index in [0.717, 1.165) is 16.8 Å². The SMILES string of the molecule is Cc1ccc(N(CC(=O)O)C(C)c2ccc(O)cc2)cc1. The summed E-state index contributed by atoms with van der Waals surface area (Å²) in [7, 11) is 0. The van der Waals surface area contributed by atoms with Gasteiger partial charge in [-0.1, -0.05) is 29.8 Å². The molecule has 0 fully saturated rings. The first kappa shape index (κ1) is 14.9. The number of anilines is 1. The summed E-state index contributed by atoms with van der Waals surface area (Å²) >= 11 is 0. The van der Waals surface area contributed by atoms with Gasteiger partial charge in [-0.2, -0.15) is 0 Å². The van der Waals surface area contributed by atoms with Gasteiger partial charge in [-0.3, -0.25) is 4.79 Å². The van der Waals surface area contributed by atoms with Crippen LogP contribution in [-0.4, -0.2) is 22.7 Å². The third kappa shape index (κ3) is 3.75. The summed E-state index contributed by atoms with van der Waals surface area (Å²) in [4.78, 5) is 13.0. The van der Waals surface area contributed by atoms with Crippen LogP contribution in [0.25, 0.3) is 0 Å². The van der Waals surface area contributed by atoms with Crippen LogP contribution < -0.4 is 4.90 Å². The van der Waals surface area contributed by atoms with Gasteiger partial charge in [0, 0.05) is 5.69 Å². The molecule has 0 saturated carbocycles. The molecule has 0 spiro atoms. The molecule has 0 aliphatic rings. The number of carbonyl (C=O) groups is 1. The molecule has 0 radical (unpaired) electrons. The summed E-state index contributed by atoms with van der Waals surface area (Å²) in [5.41, 5.74) is 2.95. The maximum absolute atomic E-state index is 11.2. The molecular weight excluding hydrogens is 266 g/mol. The number of aliphatic carboxylic acids is 1. The first-order chi connectivity index (χ1) is 9.97. The van der Waals surface area contributed by atoms with Crippen molar-refractivity contribution < 1.29 is 15.0 Å². The van der Waals surface area contributed by atoms with Crippen LogP contribution in [0.5, 0.6) is 5.75 Å². The van der Waals surface area contributed by atoms with Gasteiger partial charge in [0.15, 0.2) is 0 Å². The molecule has 1 atom stereocenters. The standard InChI is InChI=1S/C17H19NO3/c1-12-3-7-15(8-4-12)18(11-17(20)21)13(2)14-5-9-16(19)10-6-14/h3-10,13,19H,11H2,1-2H3,(H,20,21). The first-order valence-corrected chi connectivity index (χ1v) is 6.81. The fourth-order valence-corrected chi connectivity index (χ4v) is 2.27. The van der Waals surface area contributed by atoms with Crippen LogP contribution in [0.3, 0.4) is 0 Å². The van der Waals surface area contributed by atoms with Crippen molar-refractivity contribution in [2.24, 2.45) is 0 Å². The maximum atomic E-state index is 11.2. The molecule has 0 bridgehead atoms. The zero-order valence-electron chi connectivity index (χ0n) is 12.2. The Bertz CT molecular complexity index is 605. The maximum Gasteiger partial charge on any atom is 0.323 e. The van der Waals surface area contributed by atoms with Gasteiger partial charge in [0.1, 0.15) is 12.3 Å². The number of phenols is 1. The summed E-state index contributed by atoms with van der Waals surface area (Å²) in [5, 5.41) is 18.5. The number of nitrogens with zero attached hydrogens (tertiary/aromatic N) is 1. The van der Waals surface area contributed by atoms with Crippen LogP contribution in [-0.2, 0) is 4.79 Å².